The molecular weight excluding hydrogens is 417 g/mol. The summed E-state index contributed by atoms with van der Waals surface area (Å²) in [6.45, 7) is 5.50. The molecule has 1 amide bonds. The number of aliphatic hydroxyl groups excluding tert-OH is 1. The highest BCUT2D eigenvalue weighted by Gasteiger charge is 2.28. The molecule has 2 atom stereocenters. The smallest absolute Gasteiger partial charge is 0.407 e. The lowest BCUT2D eigenvalue weighted by atomic mass is 10.0. The van der Waals surface area contributed by atoms with Gasteiger partial charge in [0.15, 0.2) is 0 Å². The van der Waals surface area contributed by atoms with Crippen molar-refractivity contribution in [3.63, 3.8) is 0 Å². The SMILES string of the molecule is CC(C)(C)OC(=O)N[C@@H](Cc1ccccc1)[C@H](O)CP(c1ccccc1)c1ccccc1. The lowest BCUT2D eigenvalue weighted by Crippen LogP contribution is -2.48. The Balaban J connectivity index is 1.84. The number of nitrogens with one attached hydrogen (secondary N) is 1. The van der Waals surface area contributed by atoms with Crippen LogP contribution < -0.4 is 15.9 Å². The molecule has 0 bridgehead atoms. The molecule has 0 aliphatic heterocycles. The Morgan fingerprint density at radius 1 is 0.875 bits per heavy atom. The second-order valence-corrected chi connectivity index (χ2v) is 11.0. The van der Waals surface area contributed by atoms with Crippen molar-refractivity contribution in [3.05, 3.63) is 96.6 Å². The molecule has 0 aliphatic rings. The van der Waals surface area contributed by atoms with Crippen molar-refractivity contribution in [2.24, 2.45) is 0 Å². The average molecular weight is 450 g/mol. The molecule has 0 spiro atoms. The molecule has 5 heteroatoms. The summed E-state index contributed by atoms with van der Waals surface area (Å²) in [7, 11) is -0.791. The van der Waals surface area contributed by atoms with E-state index in [4.69, 9.17) is 4.74 Å². The third-order valence-corrected chi connectivity index (χ3v) is 7.55. The summed E-state index contributed by atoms with van der Waals surface area (Å²) in [5.74, 6) is 0. The molecule has 0 aromatic heterocycles. The maximum absolute atomic E-state index is 12.6. The van der Waals surface area contributed by atoms with E-state index in [2.05, 4.69) is 29.6 Å². The van der Waals surface area contributed by atoms with Gasteiger partial charge in [-0.2, -0.15) is 0 Å². The molecule has 0 aliphatic carbocycles. The Hall–Kier alpha value is -2.68. The second kappa shape index (κ2) is 11.3. The Morgan fingerprint density at radius 2 is 1.34 bits per heavy atom. The number of hydrogen-bond donors (Lipinski definition) is 2. The molecule has 4 nitrogen and oxygen atoms in total. The molecular formula is C27H32NO3P. The first-order valence-electron chi connectivity index (χ1n) is 10.9. The Labute approximate surface area is 192 Å². The van der Waals surface area contributed by atoms with Gasteiger partial charge < -0.3 is 15.2 Å². The first-order chi connectivity index (χ1) is 15.3. The first kappa shape index (κ1) is 24.0. The van der Waals surface area contributed by atoms with Crippen LogP contribution in [-0.2, 0) is 11.2 Å². The summed E-state index contributed by atoms with van der Waals surface area (Å²) in [5.41, 5.74) is 0.448. The van der Waals surface area contributed by atoms with Crippen LogP contribution in [0.4, 0.5) is 4.79 Å². The first-order valence-corrected chi connectivity index (χ1v) is 12.4. The summed E-state index contributed by atoms with van der Waals surface area (Å²) in [6, 6.07) is 30.0. The zero-order chi connectivity index (χ0) is 23.0. The zero-order valence-corrected chi connectivity index (χ0v) is 19.8. The number of alkyl carbamates (subject to hydrolysis) is 1. The van der Waals surface area contributed by atoms with Crippen molar-refractivity contribution in [1.82, 2.24) is 5.32 Å². The topological polar surface area (TPSA) is 58.6 Å². The van der Waals surface area contributed by atoms with E-state index in [1.165, 1.54) is 10.6 Å². The fourth-order valence-corrected chi connectivity index (χ4v) is 5.91. The molecule has 3 aromatic rings. The van der Waals surface area contributed by atoms with Crippen molar-refractivity contribution in [2.75, 3.05) is 6.16 Å². The van der Waals surface area contributed by atoms with E-state index in [0.717, 1.165) is 5.56 Å². The minimum absolute atomic E-state index is 0.468. The number of carbonyl (C=O) groups excluding carboxylic acids is 1. The fraction of sp³-hybridized carbons (Fsp3) is 0.296. The standard InChI is InChI=1S/C27H32NO3P/c1-27(2,3)31-26(30)28-24(19-21-13-7-4-8-14-21)25(29)20-32(22-15-9-5-10-16-22)23-17-11-6-12-18-23/h4-18,24-25,29H,19-20H2,1-3H3,(H,28,30)/t24-,25+/m0/s1. The minimum atomic E-state index is -0.791. The highest BCUT2D eigenvalue weighted by Crippen LogP contribution is 2.35. The normalized spacial score (nSPS) is 13.4. The van der Waals surface area contributed by atoms with Crippen molar-refractivity contribution in [2.45, 2.75) is 44.9 Å². The molecule has 0 saturated heterocycles. The largest absolute Gasteiger partial charge is 0.444 e. The predicted molar refractivity (Wildman–Crippen MR) is 133 cm³/mol. The number of benzene rings is 3. The van der Waals surface area contributed by atoms with Crippen LogP contribution in [0.5, 0.6) is 0 Å². The van der Waals surface area contributed by atoms with Crippen LogP contribution in [-0.4, -0.2) is 35.1 Å². The van der Waals surface area contributed by atoms with Crippen molar-refractivity contribution in [3.8, 4) is 0 Å². The van der Waals surface area contributed by atoms with Gasteiger partial charge in [-0.15, -0.1) is 0 Å². The van der Waals surface area contributed by atoms with Gasteiger partial charge in [0, 0.05) is 6.16 Å². The number of hydrogen-bond acceptors (Lipinski definition) is 3. The summed E-state index contributed by atoms with van der Waals surface area (Å²) in [5, 5.41) is 16.7. The van der Waals surface area contributed by atoms with E-state index in [1.54, 1.807) is 0 Å². The molecule has 3 rings (SSSR count). The van der Waals surface area contributed by atoms with Gasteiger partial charge in [0.1, 0.15) is 5.60 Å². The van der Waals surface area contributed by atoms with Crippen LogP contribution in [0.2, 0.25) is 0 Å². The fourth-order valence-electron chi connectivity index (χ4n) is 3.50. The van der Waals surface area contributed by atoms with Gasteiger partial charge in [0.25, 0.3) is 0 Å². The van der Waals surface area contributed by atoms with Gasteiger partial charge in [-0.25, -0.2) is 4.79 Å². The monoisotopic (exact) mass is 449 g/mol. The number of carbonyl (C=O) groups is 1. The zero-order valence-electron chi connectivity index (χ0n) is 18.9. The van der Waals surface area contributed by atoms with Crippen LogP contribution in [0, 0.1) is 0 Å². The third kappa shape index (κ3) is 7.47. The van der Waals surface area contributed by atoms with E-state index < -0.39 is 31.8 Å². The van der Waals surface area contributed by atoms with Gasteiger partial charge in [-0.1, -0.05) is 91.0 Å². The van der Waals surface area contributed by atoms with Crippen LogP contribution >= 0.6 is 7.92 Å². The Bertz CT molecular complexity index is 919. The number of amides is 1. The summed E-state index contributed by atoms with van der Waals surface area (Å²) in [6.07, 6.45) is -0.194. The van der Waals surface area contributed by atoms with Crippen LogP contribution in [0.25, 0.3) is 0 Å². The number of ether oxygens (including phenoxy) is 1. The van der Waals surface area contributed by atoms with Crippen molar-refractivity contribution >= 4 is 24.6 Å². The molecule has 0 heterocycles. The summed E-state index contributed by atoms with van der Waals surface area (Å²) in [4.78, 5) is 12.6. The van der Waals surface area contributed by atoms with Crippen molar-refractivity contribution < 1.29 is 14.6 Å². The molecule has 0 unspecified atom stereocenters. The van der Waals surface area contributed by atoms with Gasteiger partial charge in [0.2, 0.25) is 0 Å². The van der Waals surface area contributed by atoms with E-state index in [-0.39, 0.29) is 0 Å². The second-order valence-electron chi connectivity index (χ2n) is 8.79. The lowest BCUT2D eigenvalue weighted by molar-refractivity contribution is 0.0440. The van der Waals surface area contributed by atoms with Gasteiger partial charge in [-0.05, 0) is 51.3 Å². The van der Waals surface area contributed by atoms with Gasteiger partial charge >= 0.3 is 6.09 Å². The molecule has 168 valence electrons. The Kier molecular flexibility index (Phi) is 8.44. The molecule has 2 N–H and O–H groups in total. The molecule has 0 fully saturated rings. The molecule has 0 radical (unpaired) electrons. The van der Waals surface area contributed by atoms with Gasteiger partial charge in [-0.3, -0.25) is 0 Å². The van der Waals surface area contributed by atoms with Gasteiger partial charge in [0.05, 0.1) is 12.1 Å². The minimum Gasteiger partial charge on any atom is -0.444 e. The number of aliphatic hydroxyl groups is 1. The molecule has 0 saturated carbocycles. The highest BCUT2D eigenvalue weighted by atomic mass is 31.1. The van der Waals surface area contributed by atoms with Crippen LogP contribution in [0.1, 0.15) is 26.3 Å². The highest BCUT2D eigenvalue weighted by molar-refractivity contribution is 7.73. The summed E-state index contributed by atoms with van der Waals surface area (Å²) < 4.78 is 5.47. The van der Waals surface area contributed by atoms with E-state index >= 15 is 0 Å². The summed E-state index contributed by atoms with van der Waals surface area (Å²) >= 11 is 0. The quantitative estimate of drug-likeness (QED) is 0.494. The third-order valence-electron chi connectivity index (χ3n) is 4.97. The van der Waals surface area contributed by atoms with Crippen LogP contribution in [0.3, 0.4) is 0 Å². The number of rotatable bonds is 8. The maximum Gasteiger partial charge on any atom is 0.407 e. The van der Waals surface area contributed by atoms with E-state index in [9.17, 15) is 9.90 Å². The van der Waals surface area contributed by atoms with E-state index in [0.29, 0.717) is 12.6 Å². The van der Waals surface area contributed by atoms with Crippen molar-refractivity contribution in [1.29, 1.82) is 0 Å². The average Bonchev–Trinajstić information content (AvgIpc) is 2.77. The maximum atomic E-state index is 12.6. The lowest BCUT2D eigenvalue weighted by Gasteiger charge is -2.29. The predicted octanol–water partition coefficient (Wildman–Crippen LogP) is 4.62. The Morgan fingerprint density at radius 3 is 1.81 bits per heavy atom. The molecule has 32 heavy (non-hydrogen) atoms. The molecule has 3 aromatic carbocycles. The van der Waals surface area contributed by atoms with E-state index in [1.807, 2.05) is 87.5 Å². The van der Waals surface area contributed by atoms with Crippen LogP contribution in [0.15, 0.2) is 91.0 Å².